The van der Waals surface area contributed by atoms with Gasteiger partial charge in [-0.25, -0.2) is 4.39 Å². The number of hydrogen-bond donors (Lipinski definition) is 0. The van der Waals surface area contributed by atoms with Crippen LogP contribution in [0.5, 0.6) is 0 Å². The highest BCUT2D eigenvalue weighted by Gasteiger charge is 2.17. The van der Waals surface area contributed by atoms with Gasteiger partial charge in [0, 0.05) is 5.92 Å². The first-order valence-corrected chi connectivity index (χ1v) is 3.15. The Balaban J connectivity index is 2.35. The van der Waals surface area contributed by atoms with Crippen LogP contribution in [0.4, 0.5) is 4.39 Å². The van der Waals surface area contributed by atoms with Crippen molar-refractivity contribution in [2.45, 2.75) is 25.7 Å². The minimum atomic E-state index is -0.109. The molecule has 0 spiro atoms. The molecule has 0 aromatic rings. The fraction of sp³-hybridized carbons (Fsp3) is 0.714. The molecule has 46 valence electrons. The average molecular weight is 114 g/mol. The van der Waals surface area contributed by atoms with Crippen LogP contribution in [-0.4, -0.2) is 0 Å². The molecule has 0 nitrogen and oxygen atoms in total. The maximum Gasteiger partial charge on any atom is 0.0958 e. The molecular weight excluding hydrogens is 103 g/mol. The summed E-state index contributed by atoms with van der Waals surface area (Å²) in [5, 5.41) is 0. The van der Waals surface area contributed by atoms with E-state index in [0.717, 1.165) is 12.8 Å². The van der Waals surface area contributed by atoms with E-state index in [1.54, 1.807) is 0 Å². The van der Waals surface area contributed by atoms with Crippen molar-refractivity contribution < 1.29 is 4.39 Å². The first kappa shape index (κ1) is 5.80. The van der Waals surface area contributed by atoms with E-state index in [4.69, 9.17) is 0 Å². The highest BCUT2D eigenvalue weighted by Crippen LogP contribution is 2.30. The quantitative estimate of drug-likeness (QED) is 0.491. The molecule has 0 radical (unpaired) electrons. The Morgan fingerprint density at radius 2 is 1.88 bits per heavy atom. The molecule has 0 aliphatic heterocycles. The fourth-order valence-corrected chi connectivity index (χ4v) is 1.24. The molecule has 0 amide bonds. The monoisotopic (exact) mass is 114 g/mol. The van der Waals surface area contributed by atoms with Gasteiger partial charge >= 0.3 is 0 Å². The highest BCUT2D eigenvalue weighted by molar-refractivity contribution is 4.91. The molecule has 0 saturated heterocycles. The van der Waals surface area contributed by atoms with E-state index in [9.17, 15) is 4.39 Å². The van der Waals surface area contributed by atoms with E-state index >= 15 is 0 Å². The molecule has 0 N–H and O–H groups in total. The predicted octanol–water partition coefficient (Wildman–Crippen LogP) is 2.66. The summed E-state index contributed by atoms with van der Waals surface area (Å²) in [6, 6.07) is 0. The Labute approximate surface area is 49.4 Å². The lowest BCUT2D eigenvalue weighted by molar-refractivity contribution is 0.478. The van der Waals surface area contributed by atoms with Crippen LogP contribution in [0.15, 0.2) is 12.4 Å². The third kappa shape index (κ3) is 1.09. The van der Waals surface area contributed by atoms with Crippen molar-refractivity contribution in [1.82, 2.24) is 0 Å². The van der Waals surface area contributed by atoms with Gasteiger partial charge < -0.3 is 0 Å². The Bertz CT molecular complexity index is 90.6. The lowest BCUT2D eigenvalue weighted by Gasteiger charge is -2.00. The van der Waals surface area contributed by atoms with Crippen LogP contribution in [0.25, 0.3) is 0 Å². The van der Waals surface area contributed by atoms with Gasteiger partial charge in [0.2, 0.25) is 0 Å². The molecule has 1 fully saturated rings. The zero-order chi connectivity index (χ0) is 5.98. The molecule has 1 aliphatic carbocycles. The van der Waals surface area contributed by atoms with E-state index in [0.29, 0.717) is 0 Å². The van der Waals surface area contributed by atoms with Crippen LogP contribution in [0, 0.1) is 5.92 Å². The third-order valence-corrected chi connectivity index (χ3v) is 1.80. The van der Waals surface area contributed by atoms with E-state index in [2.05, 4.69) is 6.58 Å². The molecule has 8 heavy (non-hydrogen) atoms. The second-order valence-corrected chi connectivity index (χ2v) is 2.43. The number of allylic oxidation sites excluding steroid dienone is 1. The van der Waals surface area contributed by atoms with E-state index in [1.165, 1.54) is 12.8 Å². The van der Waals surface area contributed by atoms with Gasteiger partial charge in [-0.1, -0.05) is 19.4 Å². The summed E-state index contributed by atoms with van der Waals surface area (Å²) in [7, 11) is 0. The Kier molecular flexibility index (Phi) is 1.66. The molecular formula is C7H11F. The summed E-state index contributed by atoms with van der Waals surface area (Å²) in [6.45, 7) is 3.27. The van der Waals surface area contributed by atoms with E-state index in [-0.39, 0.29) is 11.7 Å². The second kappa shape index (κ2) is 2.29. The van der Waals surface area contributed by atoms with Crippen LogP contribution in [-0.2, 0) is 0 Å². The minimum Gasteiger partial charge on any atom is -0.212 e. The summed E-state index contributed by atoms with van der Waals surface area (Å²) < 4.78 is 12.2. The minimum absolute atomic E-state index is 0.109. The number of halogens is 1. The van der Waals surface area contributed by atoms with Crippen molar-refractivity contribution in [2.24, 2.45) is 5.92 Å². The standard InChI is InChI=1S/C7H11F/c1-6(8)7-4-2-3-5-7/h7H,1-5H2. The Morgan fingerprint density at radius 3 is 2.12 bits per heavy atom. The number of rotatable bonds is 1. The SMILES string of the molecule is C=C(F)C1CCCC1. The molecule has 1 aliphatic rings. The van der Waals surface area contributed by atoms with Crippen molar-refractivity contribution in [3.05, 3.63) is 12.4 Å². The fourth-order valence-electron chi connectivity index (χ4n) is 1.24. The first-order chi connectivity index (χ1) is 3.80. The smallest absolute Gasteiger partial charge is 0.0958 e. The molecule has 0 aromatic heterocycles. The maximum absolute atomic E-state index is 12.2. The van der Waals surface area contributed by atoms with Crippen molar-refractivity contribution in [3.63, 3.8) is 0 Å². The molecule has 0 heterocycles. The molecule has 1 saturated carbocycles. The highest BCUT2D eigenvalue weighted by atomic mass is 19.1. The topological polar surface area (TPSA) is 0 Å². The molecule has 0 unspecified atom stereocenters. The largest absolute Gasteiger partial charge is 0.212 e. The third-order valence-electron chi connectivity index (χ3n) is 1.80. The van der Waals surface area contributed by atoms with Crippen LogP contribution in [0.3, 0.4) is 0 Å². The Morgan fingerprint density at radius 1 is 1.38 bits per heavy atom. The van der Waals surface area contributed by atoms with Gasteiger partial charge in [0.15, 0.2) is 0 Å². The normalized spacial score (nSPS) is 21.6. The lowest BCUT2D eigenvalue weighted by atomic mass is 10.1. The molecule has 1 rings (SSSR count). The summed E-state index contributed by atoms with van der Waals surface area (Å²) in [4.78, 5) is 0. The maximum atomic E-state index is 12.2. The molecule has 0 bridgehead atoms. The van der Waals surface area contributed by atoms with Crippen LogP contribution in [0.1, 0.15) is 25.7 Å². The van der Waals surface area contributed by atoms with Crippen molar-refractivity contribution >= 4 is 0 Å². The summed E-state index contributed by atoms with van der Waals surface area (Å²) >= 11 is 0. The zero-order valence-corrected chi connectivity index (χ0v) is 4.99. The first-order valence-electron chi connectivity index (χ1n) is 3.15. The predicted molar refractivity (Wildman–Crippen MR) is 32.2 cm³/mol. The summed E-state index contributed by atoms with van der Waals surface area (Å²) in [6.07, 6.45) is 4.42. The van der Waals surface area contributed by atoms with Crippen LogP contribution < -0.4 is 0 Å². The zero-order valence-electron chi connectivity index (χ0n) is 4.99. The summed E-state index contributed by atoms with van der Waals surface area (Å²) in [5.41, 5.74) is 0. The van der Waals surface area contributed by atoms with Crippen molar-refractivity contribution in [1.29, 1.82) is 0 Å². The van der Waals surface area contributed by atoms with E-state index < -0.39 is 0 Å². The van der Waals surface area contributed by atoms with Gasteiger partial charge in [0.05, 0.1) is 5.83 Å². The number of hydrogen-bond acceptors (Lipinski definition) is 0. The van der Waals surface area contributed by atoms with Gasteiger partial charge in [-0.3, -0.25) is 0 Å². The van der Waals surface area contributed by atoms with Gasteiger partial charge in [0.25, 0.3) is 0 Å². The summed E-state index contributed by atoms with van der Waals surface area (Å²) in [5.74, 6) is 0.0949. The van der Waals surface area contributed by atoms with Crippen LogP contribution >= 0.6 is 0 Å². The molecule has 0 aromatic carbocycles. The Hall–Kier alpha value is -0.330. The van der Waals surface area contributed by atoms with Gasteiger partial charge in [0.1, 0.15) is 0 Å². The molecule has 0 atom stereocenters. The van der Waals surface area contributed by atoms with Crippen molar-refractivity contribution in [3.8, 4) is 0 Å². The lowest BCUT2D eigenvalue weighted by Crippen LogP contribution is -1.89. The van der Waals surface area contributed by atoms with E-state index in [1.807, 2.05) is 0 Å². The second-order valence-electron chi connectivity index (χ2n) is 2.43. The van der Waals surface area contributed by atoms with Gasteiger partial charge in [-0.05, 0) is 12.8 Å². The molecule has 1 heteroatoms. The van der Waals surface area contributed by atoms with Crippen molar-refractivity contribution in [2.75, 3.05) is 0 Å². The average Bonchev–Trinajstić information content (AvgIpc) is 2.12. The van der Waals surface area contributed by atoms with Gasteiger partial charge in [-0.2, -0.15) is 0 Å². The van der Waals surface area contributed by atoms with Crippen LogP contribution in [0.2, 0.25) is 0 Å². The van der Waals surface area contributed by atoms with Gasteiger partial charge in [-0.15, -0.1) is 0 Å².